The Morgan fingerprint density at radius 2 is 1.70 bits per heavy atom. The second kappa shape index (κ2) is 15.4. The molecule has 53 heavy (non-hydrogen) atoms. The van der Waals surface area contributed by atoms with Crippen molar-refractivity contribution in [3.63, 3.8) is 0 Å². The van der Waals surface area contributed by atoms with Gasteiger partial charge in [-0.2, -0.15) is 17.5 Å². The molecule has 4 N–H and O–H groups in total. The highest BCUT2D eigenvalue weighted by Crippen LogP contribution is 2.65. The van der Waals surface area contributed by atoms with Crippen LogP contribution in [0.1, 0.15) is 59.4 Å². The minimum atomic E-state index is -4.91. The molecule has 1 aliphatic carbocycles. The van der Waals surface area contributed by atoms with Crippen LogP contribution in [0, 0.1) is 22.7 Å². The van der Waals surface area contributed by atoms with E-state index in [-0.39, 0.29) is 32.1 Å². The molecule has 2 unspecified atom stereocenters. The molecule has 5 amide bonds. The average Bonchev–Trinajstić information content (AvgIpc) is 3.35. The highest BCUT2D eigenvalue weighted by molar-refractivity contribution is 7.88. The number of carbonyl (C=O) groups is 5. The SMILES string of the molecule is C=CCNC(=O)C(=O)C(CC(F)(F)F)NC(=O)[C@@H]1[C@@H]2[C@H](CN1C(=O)[C@@H](NC(=O)NC1(Cc3ccccc3)CCCN(S(C)(=O)=O)C1)C(C)(C)C)C2(C)C. The van der Waals surface area contributed by atoms with Crippen LogP contribution in [0.5, 0.6) is 0 Å². The summed E-state index contributed by atoms with van der Waals surface area (Å²) in [5, 5.41) is 10.0. The summed E-state index contributed by atoms with van der Waals surface area (Å²) in [7, 11) is -3.60. The van der Waals surface area contributed by atoms with Gasteiger partial charge in [-0.25, -0.2) is 13.2 Å². The van der Waals surface area contributed by atoms with E-state index in [4.69, 9.17) is 0 Å². The van der Waals surface area contributed by atoms with Gasteiger partial charge in [0.25, 0.3) is 5.91 Å². The molecule has 13 nitrogen and oxygen atoms in total. The van der Waals surface area contributed by atoms with Crippen LogP contribution in [-0.4, -0.2) is 109 Å². The van der Waals surface area contributed by atoms with Gasteiger partial charge < -0.3 is 26.2 Å². The number of Topliss-reactive ketones (excluding diaryl/α,β-unsaturated/α-hetero) is 1. The maximum atomic E-state index is 14.4. The summed E-state index contributed by atoms with van der Waals surface area (Å²) in [5.41, 5.74) is -1.56. The zero-order valence-corrected chi connectivity index (χ0v) is 31.8. The van der Waals surface area contributed by atoms with Crippen molar-refractivity contribution in [1.29, 1.82) is 0 Å². The Morgan fingerprint density at radius 1 is 1.06 bits per heavy atom. The van der Waals surface area contributed by atoms with Crippen LogP contribution < -0.4 is 21.3 Å². The van der Waals surface area contributed by atoms with Gasteiger partial charge in [0.2, 0.25) is 27.6 Å². The molecule has 2 heterocycles. The van der Waals surface area contributed by atoms with Gasteiger partial charge in [-0.3, -0.25) is 19.2 Å². The number of rotatable bonds is 13. The summed E-state index contributed by atoms with van der Waals surface area (Å²) in [5.74, 6) is -5.14. The Labute approximate surface area is 308 Å². The highest BCUT2D eigenvalue weighted by atomic mass is 32.2. The van der Waals surface area contributed by atoms with Crippen molar-refractivity contribution in [2.24, 2.45) is 22.7 Å². The van der Waals surface area contributed by atoms with Crippen molar-refractivity contribution < 1.29 is 45.6 Å². The second-order valence-electron chi connectivity index (χ2n) is 16.2. The van der Waals surface area contributed by atoms with Crippen LogP contribution in [-0.2, 0) is 35.6 Å². The number of halogens is 3. The summed E-state index contributed by atoms with van der Waals surface area (Å²) in [4.78, 5) is 68.6. The van der Waals surface area contributed by atoms with E-state index in [1.165, 1.54) is 15.3 Å². The molecule has 2 saturated heterocycles. The third-order valence-electron chi connectivity index (χ3n) is 10.6. The molecule has 1 saturated carbocycles. The van der Waals surface area contributed by atoms with Crippen molar-refractivity contribution in [2.75, 3.05) is 32.4 Å². The number of urea groups is 1. The first kappa shape index (κ1) is 41.8. The van der Waals surface area contributed by atoms with Gasteiger partial charge in [0, 0.05) is 26.2 Å². The Bertz CT molecular complexity index is 1700. The van der Waals surface area contributed by atoms with Crippen molar-refractivity contribution in [2.45, 2.75) is 90.1 Å². The molecule has 6 atom stereocenters. The fraction of sp³-hybridized carbons (Fsp3) is 0.639. The van der Waals surface area contributed by atoms with E-state index >= 15 is 0 Å². The van der Waals surface area contributed by atoms with Gasteiger partial charge >= 0.3 is 12.2 Å². The molecule has 0 spiro atoms. The number of alkyl halides is 3. The molecular weight excluding hydrogens is 717 g/mol. The molecule has 1 aromatic rings. The summed E-state index contributed by atoms with van der Waals surface area (Å²) in [6.07, 6.45) is -3.15. The number of hydrogen-bond donors (Lipinski definition) is 4. The monoisotopic (exact) mass is 768 g/mol. The summed E-state index contributed by atoms with van der Waals surface area (Å²) in [6.45, 7) is 12.4. The van der Waals surface area contributed by atoms with E-state index in [0.29, 0.717) is 19.3 Å². The van der Waals surface area contributed by atoms with E-state index in [2.05, 4.69) is 27.8 Å². The summed E-state index contributed by atoms with van der Waals surface area (Å²) < 4.78 is 67.2. The molecule has 4 rings (SSSR count). The van der Waals surface area contributed by atoms with E-state index in [0.717, 1.165) is 11.8 Å². The molecule has 0 bridgehead atoms. The average molecular weight is 769 g/mol. The predicted molar refractivity (Wildman–Crippen MR) is 191 cm³/mol. The molecule has 2 aliphatic heterocycles. The Kier molecular flexibility index (Phi) is 12.1. The van der Waals surface area contributed by atoms with E-state index in [1.807, 2.05) is 44.2 Å². The quantitative estimate of drug-likeness (QED) is 0.176. The number of nitrogens with one attached hydrogen (secondary N) is 4. The molecule has 3 aliphatic rings. The normalized spacial score (nSPS) is 25.3. The Morgan fingerprint density at radius 3 is 2.26 bits per heavy atom. The summed E-state index contributed by atoms with van der Waals surface area (Å²) in [6, 6.07) is 3.74. The molecule has 17 heteroatoms. The van der Waals surface area contributed by atoms with Gasteiger partial charge in [-0.15, -0.1) is 6.58 Å². The molecule has 0 radical (unpaired) electrons. The third-order valence-corrected chi connectivity index (χ3v) is 11.9. The van der Waals surface area contributed by atoms with Crippen LogP contribution >= 0.6 is 0 Å². The molecule has 0 aromatic heterocycles. The lowest BCUT2D eigenvalue weighted by molar-refractivity contribution is -0.155. The third kappa shape index (κ3) is 9.96. The van der Waals surface area contributed by atoms with Gasteiger partial charge in [0.1, 0.15) is 18.1 Å². The number of piperidine rings is 2. The van der Waals surface area contributed by atoms with Crippen LogP contribution in [0.4, 0.5) is 18.0 Å². The predicted octanol–water partition coefficient (Wildman–Crippen LogP) is 2.53. The number of amides is 5. The van der Waals surface area contributed by atoms with Crippen LogP contribution in [0.3, 0.4) is 0 Å². The lowest BCUT2D eigenvalue weighted by atomic mass is 9.83. The number of nitrogens with zero attached hydrogens (tertiary/aromatic N) is 2. The lowest BCUT2D eigenvalue weighted by Gasteiger charge is -2.43. The maximum absolute atomic E-state index is 14.4. The lowest BCUT2D eigenvalue weighted by Crippen LogP contribution is -2.65. The zero-order valence-electron chi connectivity index (χ0n) is 31.0. The van der Waals surface area contributed by atoms with Crippen molar-refractivity contribution in [3.05, 3.63) is 48.6 Å². The molecule has 294 valence electrons. The van der Waals surface area contributed by atoms with Crippen LogP contribution in [0.25, 0.3) is 0 Å². The molecule has 1 aromatic carbocycles. The number of sulfonamides is 1. The smallest absolute Gasteiger partial charge is 0.346 e. The van der Waals surface area contributed by atoms with Gasteiger partial charge in [-0.05, 0) is 47.5 Å². The van der Waals surface area contributed by atoms with Crippen LogP contribution in [0.15, 0.2) is 43.0 Å². The Balaban J connectivity index is 1.60. The fourth-order valence-electron chi connectivity index (χ4n) is 7.79. The number of hydrogen-bond acceptors (Lipinski definition) is 7. The van der Waals surface area contributed by atoms with Gasteiger partial charge in [0.05, 0.1) is 18.2 Å². The number of carbonyl (C=O) groups excluding carboxylic acids is 5. The number of benzene rings is 1. The minimum Gasteiger partial charge on any atom is -0.346 e. The minimum absolute atomic E-state index is 0.00147. The number of fused-ring (bicyclic) bond motifs is 1. The topological polar surface area (TPSA) is 174 Å². The highest BCUT2D eigenvalue weighted by Gasteiger charge is 2.70. The van der Waals surface area contributed by atoms with Gasteiger partial charge in [-0.1, -0.05) is 71.0 Å². The van der Waals surface area contributed by atoms with Crippen molar-refractivity contribution >= 4 is 39.6 Å². The van der Waals surface area contributed by atoms with Crippen molar-refractivity contribution in [3.8, 4) is 0 Å². The van der Waals surface area contributed by atoms with Crippen LogP contribution in [0.2, 0.25) is 0 Å². The van der Waals surface area contributed by atoms with Crippen molar-refractivity contribution in [1.82, 2.24) is 30.5 Å². The van der Waals surface area contributed by atoms with Gasteiger partial charge in [0.15, 0.2) is 0 Å². The molecule has 3 fully saturated rings. The number of ketones is 1. The fourth-order valence-corrected chi connectivity index (χ4v) is 8.74. The Hall–Kier alpha value is -3.99. The van der Waals surface area contributed by atoms with E-state index in [9.17, 15) is 45.6 Å². The second-order valence-corrected chi connectivity index (χ2v) is 18.2. The first-order chi connectivity index (χ1) is 24.4. The standard InChI is InChI=1S/C36H51F3N6O7S/c1-8-16-40-30(48)27(46)24(19-36(37,38)39)41-29(47)26-25-23(34(25,5)6)20-45(26)31(49)28(33(2,3)4)42-32(50)43-35(18-22-13-10-9-11-14-22)15-12-17-44(21-35)53(7,51)52/h8-11,13-14,23-26,28H,1,12,15-21H2,2-7H3,(H,40,48)(H,41,47)(H2,42,43,50)/t23-,24?,25-,26-,28+,35?/m0/s1. The zero-order chi connectivity index (χ0) is 39.7. The maximum Gasteiger partial charge on any atom is 0.391 e. The first-order valence-electron chi connectivity index (χ1n) is 17.6. The largest absolute Gasteiger partial charge is 0.391 e. The summed E-state index contributed by atoms with van der Waals surface area (Å²) >= 11 is 0. The molecular formula is C36H51F3N6O7S. The first-order valence-corrected chi connectivity index (χ1v) is 19.4. The van der Waals surface area contributed by atoms with E-state index in [1.54, 1.807) is 20.8 Å². The number of likely N-dealkylation sites (tertiary alicyclic amines) is 1. The van der Waals surface area contributed by atoms with E-state index < -0.39 is 92.6 Å².